The summed E-state index contributed by atoms with van der Waals surface area (Å²) in [4.78, 5) is 22.3. The number of nitrogens with one attached hydrogen (secondary N) is 1. The van der Waals surface area contributed by atoms with Gasteiger partial charge in [0.15, 0.2) is 0 Å². The molecule has 0 saturated heterocycles. The fourth-order valence-electron chi connectivity index (χ4n) is 1.93. The number of amides is 1. The second kappa shape index (κ2) is 5.99. The van der Waals surface area contributed by atoms with Crippen LogP contribution in [0.15, 0.2) is 29.2 Å². The molecule has 2 N–H and O–H groups in total. The summed E-state index contributed by atoms with van der Waals surface area (Å²) in [6.07, 6.45) is 1.42. The van der Waals surface area contributed by atoms with E-state index < -0.39 is 38.4 Å². The third-order valence-corrected chi connectivity index (χ3v) is 4.72. The number of alkyl halides is 2. The van der Waals surface area contributed by atoms with Crippen LogP contribution in [0.4, 0.5) is 8.78 Å². The summed E-state index contributed by atoms with van der Waals surface area (Å²) in [6.45, 7) is 0. The van der Waals surface area contributed by atoms with E-state index in [0.717, 1.165) is 24.3 Å². The zero-order valence-corrected chi connectivity index (χ0v) is 12.0. The molecule has 9 heteroatoms. The molecule has 120 valence electrons. The maximum Gasteiger partial charge on any atom is 0.341 e. The van der Waals surface area contributed by atoms with E-state index >= 15 is 0 Å². The number of carbonyl (C=O) groups excluding carboxylic acids is 1. The number of hydrogen-bond donors (Lipinski definition) is 2. The Balaban J connectivity index is 2.13. The highest BCUT2D eigenvalue weighted by molar-refractivity contribution is 7.91. The van der Waals surface area contributed by atoms with E-state index in [1.165, 1.54) is 0 Å². The first-order valence-electron chi connectivity index (χ1n) is 6.39. The van der Waals surface area contributed by atoms with Crippen LogP contribution in [0.1, 0.15) is 23.2 Å². The smallest absolute Gasteiger partial charge is 0.341 e. The SMILES string of the molecule is O=C(NC(C(=O)O)C1CC1)c1ccc(S(=O)(=O)C(F)F)cc1. The van der Waals surface area contributed by atoms with Crippen LogP contribution in [0.3, 0.4) is 0 Å². The Hall–Kier alpha value is -2.03. The molecule has 0 aliphatic heterocycles. The number of hydrogen-bond acceptors (Lipinski definition) is 4. The van der Waals surface area contributed by atoms with E-state index in [9.17, 15) is 26.8 Å². The number of carbonyl (C=O) groups is 2. The summed E-state index contributed by atoms with van der Waals surface area (Å²) in [7, 11) is -4.72. The van der Waals surface area contributed by atoms with Crippen LogP contribution in [0.5, 0.6) is 0 Å². The minimum atomic E-state index is -4.72. The largest absolute Gasteiger partial charge is 0.480 e. The molecule has 0 bridgehead atoms. The van der Waals surface area contributed by atoms with Crippen LogP contribution in [0.2, 0.25) is 0 Å². The summed E-state index contributed by atoms with van der Waals surface area (Å²) in [5, 5.41) is 11.4. The highest BCUT2D eigenvalue weighted by Crippen LogP contribution is 2.32. The van der Waals surface area contributed by atoms with Gasteiger partial charge in [0.2, 0.25) is 9.84 Å². The Bertz CT molecular complexity index is 683. The molecule has 0 heterocycles. The van der Waals surface area contributed by atoms with Gasteiger partial charge in [-0.3, -0.25) is 4.79 Å². The van der Waals surface area contributed by atoms with E-state index in [1.807, 2.05) is 0 Å². The Morgan fingerprint density at radius 1 is 1.18 bits per heavy atom. The number of aliphatic carboxylic acids is 1. The third kappa shape index (κ3) is 3.41. The normalized spacial score (nSPS) is 16.3. The van der Waals surface area contributed by atoms with Gasteiger partial charge in [-0.2, -0.15) is 8.78 Å². The van der Waals surface area contributed by atoms with Gasteiger partial charge in [0.05, 0.1) is 4.90 Å². The molecule has 1 aliphatic rings. The summed E-state index contributed by atoms with van der Waals surface area (Å²) in [5.41, 5.74) is 0.000108. The van der Waals surface area contributed by atoms with Crippen molar-refractivity contribution in [1.82, 2.24) is 5.32 Å². The zero-order valence-electron chi connectivity index (χ0n) is 11.2. The quantitative estimate of drug-likeness (QED) is 0.817. The predicted octanol–water partition coefficient (Wildman–Crippen LogP) is 1.28. The molecule has 1 saturated carbocycles. The van der Waals surface area contributed by atoms with Gasteiger partial charge in [0.1, 0.15) is 6.04 Å². The molecule has 1 atom stereocenters. The van der Waals surface area contributed by atoms with Crippen LogP contribution < -0.4 is 5.32 Å². The van der Waals surface area contributed by atoms with Gasteiger partial charge in [0.25, 0.3) is 5.91 Å². The predicted molar refractivity (Wildman–Crippen MR) is 71.2 cm³/mol. The molecule has 1 aromatic carbocycles. The molecule has 0 radical (unpaired) electrons. The van der Waals surface area contributed by atoms with E-state index in [-0.39, 0.29) is 11.5 Å². The molecule has 22 heavy (non-hydrogen) atoms. The lowest BCUT2D eigenvalue weighted by Gasteiger charge is -2.13. The van der Waals surface area contributed by atoms with Gasteiger partial charge in [-0.1, -0.05) is 0 Å². The summed E-state index contributed by atoms with van der Waals surface area (Å²) < 4.78 is 47.3. The Labute approximate surface area is 125 Å². The molecule has 1 aromatic rings. The van der Waals surface area contributed by atoms with Crippen LogP contribution in [-0.2, 0) is 14.6 Å². The van der Waals surface area contributed by atoms with Gasteiger partial charge in [-0.05, 0) is 43.0 Å². The first-order chi connectivity index (χ1) is 10.2. The number of rotatable bonds is 6. The van der Waals surface area contributed by atoms with Crippen LogP contribution in [-0.4, -0.2) is 37.2 Å². The van der Waals surface area contributed by atoms with Gasteiger partial charge in [0, 0.05) is 5.56 Å². The lowest BCUT2D eigenvalue weighted by molar-refractivity contribution is -0.139. The fraction of sp³-hybridized carbons (Fsp3) is 0.385. The van der Waals surface area contributed by atoms with Crippen molar-refractivity contribution in [3.63, 3.8) is 0 Å². The molecule has 1 unspecified atom stereocenters. The molecule has 1 fully saturated rings. The molecule has 0 spiro atoms. The highest BCUT2D eigenvalue weighted by atomic mass is 32.2. The number of benzene rings is 1. The summed E-state index contributed by atoms with van der Waals surface area (Å²) in [6, 6.07) is 2.91. The number of carboxylic acid groups (broad SMARTS) is 1. The summed E-state index contributed by atoms with van der Waals surface area (Å²) >= 11 is 0. The lowest BCUT2D eigenvalue weighted by atomic mass is 10.1. The van der Waals surface area contributed by atoms with E-state index in [4.69, 9.17) is 5.11 Å². The zero-order chi connectivity index (χ0) is 16.5. The van der Waals surface area contributed by atoms with Crippen molar-refractivity contribution in [2.75, 3.05) is 0 Å². The maximum absolute atomic E-state index is 12.4. The van der Waals surface area contributed by atoms with Crippen molar-refractivity contribution in [2.45, 2.75) is 29.5 Å². The second-order valence-corrected chi connectivity index (χ2v) is 6.87. The fourth-order valence-corrected chi connectivity index (χ4v) is 2.66. The topological polar surface area (TPSA) is 101 Å². The van der Waals surface area contributed by atoms with Crippen molar-refractivity contribution in [3.05, 3.63) is 29.8 Å². The molecule has 6 nitrogen and oxygen atoms in total. The molecule has 0 aromatic heterocycles. The van der Waals surface area contributed by atoms with E-state index in [0.29, 0.717) is 12.8 Å². The molecule has 1 aliphatic carbocycles. The number of sulfone groups is 1. The third-order valence-electron chi connectivity index (χ3n) is 3.33. The Morgan fingerprint density at radius 2 is 1.73 bits per heavy atom. The van der Waals surface area contributed by atoms with Gasteiger partial charge >= 0.3 is 11.7 Å². The van der Waals surface area contributed by atoms with Gasteiger partial charge in [-0.25, -0.2) is 13.2 Å². The van der Waals surface area contributed by atoms with Crippen molar-refractivity contribution in [1.29, 1.82) is 0 Å². The minimum absolute atomic E-state index is 0.000108. The maximum atomic E-state index is 12.4. The van der Waals surface area contributed by atoms with Crippen molar-refractivity contribution < 1.29 is 31.9 Å². The number of carboxylic acids is 1. The summed E-state index contributed by atoms with van der Waals surface area (Å²) in [5.74, 6) is -5.49. The van der Waals surface area contributed by atoms with Crippen LogP contribution in [0, 0.1) is 5.92 Å². The van der Waals surface area contributed by atoms with Crippen LogP contribution in [0.25, 0.3) is 0 Å². The lowest BCUT2D eigenvalue weighted by Crippen LogP contribution is -2.42. The second-order valence-electron chi connectivity index (χ2n) is 4.96. The van der Waals surface area contributed by atoms with Gasteiger partial charge in [-0.15, -0.1) is 0 Å². The van der Waals surface area contributed by atoms with Crippen molar-refractivity contribution in [2.24, 2.45) is 5.92 Å². The highest BCUT2D eigenvalue weighted by Gasteiger charge is 2.37. The standard InChI is InChI=1S/C13H13F2NO5S/c14-13(15)22(20,21)9-5-3-8(4-6-9)11(17)16-10(12(18)19)7-1-2-7/h3-7,10,13H,1-2H2,(H,16,17)(H,18,19). The van der Waals surface area contributed by atoms with Gasteiger partial charge < -0.3 is 10.4 Å². The molecular formula is C13H13F2NO5S. The van der Waals surface area contributed by atoms with E-state index in [2.05, 4.69) is 5.32 Å². The van der Waals surface area contributed by atoms with E-state index in [1.54, 1.807) is 0 Å². The monoisotopic (exact) mass is 333 g/mol. The van der Waals surface area contributed by atoms with Crippen molar-refractivity contribution in [3.8, 4) is 0 Å². The average molecular weight is 333 g/mol. The first kappa shape index (κ1) is 16.3. The minimum Gasteiger partial charge on any atom is -0.480 e. The molecule has 1 amide bonds. The van der Waals surface area contributed by atoms with Crippen LogP contribution >= 0.6 is 0 Å². The Morgan fingerprint density at radius 3 is 2.14 bits per heavy atom. The average Bonchev–Trinajstić information content (AvgIpc) is 3.28. The molecule has 2 rings (SSSR count). The molecular weight excluding hydrogens is 320 g/mol. The van der Waals surface area contributed by atoms with Crippen molar-refractivity contribution >= 4 is 21.7 Å². The first-order valence-corrected chi connectivity index (χ1v) is 7.94. The number of halogens is 2. The Kier molecular flexibility index (Phi) is 4.45.